The van der Waals surface area contributed by atoms with Gasteiger partial charge in [-0.15, -0.1) is 0 Å². The average Bonchev–Trinajstić information content (AvgIpc) is 2.83. The SMILES string of the molecule is CCOC(=O)c1cccc(NC(=O)CN(c2ccccc2)S(=O)(=O)c2ccc(OC)c(C)c2)c1. The minimum Gasteiger partial charge on any atom is -0.496 e. The van der Waals surface area contributed by atoms with Crippen LogP contribution in [0.5, 0.6) is 5.75 Å². The van der Waals surface area contributed by atoms with Crippen LogP contribution in [0, 0.1) is 6.92 Å². The number of carbonyl (C=O) groups excluding carboxylic acids is 2. The van der Waals surface area contributed by atoms with Gasteiger partial charge in [0, 0.05) is 5.69 Å². The topological polar surface area (TPSA) is 102 Å². The molecule has 178 valence electrons. The summed E-state index contributed by atoms with van der Waals surface area (Å²) in [6, 6.07) is 19.1. The highest BCUT2D eigenvalue weighted by Crippen LogP contribution is 2.27. The smallest absolute Gasteiger partial charge is 0.338 e. The summed E-state index contributed by atoms with van der Waals surface area (Å²) in [6.07, 6.45) is 0. The first kappa shape index (κ1) is 24.8. The molecule has 0 saturated carbocycles. The van der Waals surface area contributed by atoms with E-state index in [-0.39, 0.29) is 17.1 Å². The molecule has 0 heterocycles. The van der Waals surface area contributed by atoms with E-state index in [1.54, 1.807) is 68.4 Å². The van der Waals surface area contributed by atoms with Crippen LogP contribution in [-0.2, 0) is 19.6 Å². The number of para-hydroxylation sites is 1. The van der Waals surface area contributed by atoms with Crippen molar-refractivity contribution in [1.29, 1.82) is 0 Å². The molecule has 1 N–H and O–H groups in total. The number of anilines is 2. The molecule has 0 fully saturated rings. The predicted molar refractivity (Wildman–Crippen MR) is 130 cm³/mol. The summed E-state index contributed by atoms with van der Waals surface area (Å²) in [5, 5.41) is 2.66. The molecule has 8 nitrogen and oxygen atoms in total. The number of aryl methyl sites for hydroxylation is 1. The fourth-order valence-electron chi connectivity index (χ4n) is 3.32. The lowest BCUT2D eigenvalue weighted by Crippen LogP contribution is -2.38. The number of hydrogen-bond donors (Lipinski definition) is 1. The Morgan fingerprint density at radius 2 is 1.71 bits per heavy atom. The molecule has 9 heteroatoms. The van der Waals surface area contributed by atoms with Crippen LogP contribution >= 0.6 is 0 Å². The van der Waals surface area contributed by atoms with E-state index in [4.69, 9.17) is 9.47 Å². The molecule has 0 aliphatic carbocycles. The highest BCUT2D eigenvalue weighted by atomic mass is 32.2. The molecule has 0 aliphatic heterocycles. The first-order valence-corrected chi connectivity index (χ1v) is 12.0. The number of esters is 1. The number of methoxy groups -OCH3 is 1. The fraction of sp³-hybridized carbons (Fsp3) is 0.200. The van der Waals surface area contributed by atoms with Crippen LogP contribution in [0.1, 0.15) is 22.8 Å². The molecule has 34 heavy (non-hydrogen) atoms. The van der Waals surface area contributed by atoms with Crippen molar-refractivity contribution < 1.29 is 27.5 Å². The van der Waals surface area contributed by atoms with Gasteiger partial charge in [0.05, 0.1) is 29.9 Å². The number of nitrogens with zero attached hydrogens (tertiary/aromatic N) is 1. The summed E-state index contributed by atoms with van der Waals surface area (Å²) in [5.74, 6) is -0.523. The van der Waals surface area contributed by atoms with Gasteiger partial charge in [-0.2, -0.15) is 0 Å². The first-order chi connectivity index (χ1) is 16.3. The first-order valence-electron chi connectivity index (χ1n) is 10.6. The molecule has 0 aromatic heterocycles. The van der Waals surface area contributed by atoms with Crippen LogP contribution in [-0.4, -0.2) is 40.6 Å². The Morgan fingerprint density at radius 3 is 2.35 bits per heavy atom. The van der Waals surface area contributed by atoms with Gasteiger partial charge in [-0.1, -0.05) is 24.3 Å². The molecule has 0 atom stereocenters. The van der Waals surface area contributed by atoms with Gasteiger partial charge in [-0.3, -0.25) is 9.10 Å². The van der Waals surface area contributed by atoms with Gasteiger partial charge in [0.1, 0.15) is 12.3 Å². The van der Waals surface area contributed by atoms with E-state index in [0.29, 0.717) is 22.7 Å². The normalized spacial score (nSPS) is 10.9. The third kappa shape index (κ3) is 5.74. The van der Waals surface area contributed by atoms with Crippen molar-refractivity contribution in [2.24, 2.45) is 0 Å². The van der Waals surface area contributed by atoms with Crippen molar-refractivity contribution in [3.05, 3.63) is 83.9 Å². The lowest BCUT2D eigenvalue weighted by molar-refractivity contribution is -0.114. The third-order valence-electron chi connectivity index (χ3n) is 4.94. The van der Waals surface area contributed by atoms with Gasteiger partial charge in [0.2, 0.25) is 5.91 Å². The predicted octanol–water partition coefficient (Wildman–Crippen LogP) is 4.01. The molecule has 0 radical (unpaired) electrons. The second-order valence-electron chi connectivity index (χ2n) is 7.33. The summed E-state index contributed by atoms with van der Waals surface area (Å²) >= 11 is 0. The van der Waals surface area contributed by atoms with E-state index >= 15 is 0 Å². The second kappa shape index (κ2) is 10.8. The van der Waals surface area contributed by atoms with Crippen molar-refractivity contribution in [3.63, 3.8) is 0 Å². The van der Waals surface area contributed by atoms with Crippen LogP contribution in [0.2, 0.25) is 0 Å². The van der Waals surface area contributed by atoms with E-state index in [9.17, 15) is 18.0 Å². The zero-order chi connectivity index (χ0) is 24.7. The summed E-state index contributed by atoms with van der Waals surface area (Å²) < 4.78 is 38.3. The number of amides is 1. The van der Waals surface area contributed by atoms with Gasteiger partial charge < -0.3 is 14.8 Å². The maximum absolute atomic E-state index is 13.5. The molecular weight excluding hydrogens is 456 g/mol. The molecule has 0 bridgehead atoms. The highest BCUT2D eigenvalue weighted by Gasteiger charge is 2.28. The third-order valence-corrected chi connectivity index (χ3v) is 6.71. The Bertz CT molecular complexity index is 1280. The number of rotatable bonds is 9. The second-order valence-corrected chi connectivity index (χ2v) is 9.19. The van der Waals surface area contributed by atoms with Crippen molar-refractivity contribution in [2.75, 3.05) is 29.9 Å². The fourth-order valence-corrected chi connectivity index (χ4v) is 4.82. The molecule has 3 aromatic rings. The monoisotopic (exact) mass is 482 g/mol. The van der Waals surface area contributed by atoms with Gasteiger partial charge in [-0.05, 0) is 67.9 Å². The van der Waals surface area contributed by atoms with Crippen LogP contribution in [0.3, 0.4) is 0 Å². The average molecular weight is 483 g/mol. The highest BCUT2D eigenvalue weighted by molar-refractivity contribution is 7.92. The van der Waals surface area contributed by atoms with E-state index in [0.717, 1.165) is 4.31 Å². The molecule has 0 spiro atoms. The lowest BCUT2D eigenvalue weighted by atomic mass is 10.2. The van der Waals surface area contributed by atoms with Crippen molar-refractivity contribution >= 4 is 33.3 Å². The number of hydrogen-bond acceptors (Lipinski definition) is 6. The summed E-state index contributed by atoms with van der Waals surface area (Å²) in [6.45, 7) is 3.20. The van der Waals surface area contributed by atoms with Crippen LogP contribution < -0.4 is 14.4 Å². The number of nitrogens with one attached hydrogen (secondary N) is 1. The molecule has 3 aromatic carbocycles. The summed E-state index contributed by atoms with van der Waals surface area (Å²) in [4.78, 5) is 24.9. The maximum atomic E-state index is 13.5. The van der Waals surface area contributed by atoms with E-state index in [2.05, 4.69) is 5.32 Å². The Balaban J connectivity index is 1.89. The van der Waals surface area contributed by atoms with Gasteiger partial charge in [0.25, 0.3) is 10.0 Å². The maximum Gasteiger partial charge on any atom is 0.338 e. The van der Waals surface area contributed by atoms with Gasteiger partial charge >= 0.3 is 5.97 Å². The molecule has 0 aliphatic rings. The van der Waals surface area contributed by atoms with E-state index in [1.165, 1.54) is 25.3 Å². The van der Waals surface area contributed by atoms with Gasteiger partial charge in [-0.25, -0.2) is 13.2 Å². The summed E-state index contributed by atoms with van der Waals surface area (Å²) in [5.41, 5.74) is 1.62. The van der Waals surface area contributed by atoms with E-state index < -0.39 is 28.4 Å². The van der Waals surface area contributed by atoms with Crippen LogP contribution in [0.4, 0.5) is 11.4 Å². The summed E-state index contributed by atoms with van der Waals surface area (Å²) in [7, 11) is -2.57. The molecule has 0 unspecified atom stereocenters. The number of ether oxygens (including phenoxy) is 2. The van der Waals surface area contributed by atoms with Gasteiger partial charge in [0.15, 0.2) is 0 Å². The molecule has 0 saturated heterocycles. The zero-order valence-electron chi connectivity index (χ0n) is 19.1. The molecular formula is C25H26N2O6S. The van der Waals surface area contributed by atoms with Crippen molar-refractivity contribution in [2.45, 2.75) is 18.7 Å². The van der Waals surface area contributed by atoms with Crippen LogP contribution in [0.15, 0.2) is 77.7 Å². The minimum absolute atomic E-state index is 0.0340. The number of benzene rings is 3. The minimum atomic E-state index is -4.08. The molecule has 3 rings (SSSR count). The van der Waals surface area contributed by atoms with E-state index in [1.807, 2.05) is 0 Å². The lowest BCUT2D eigenvalue weighted by Gasteiger charge is -2.24. The number of sulfonamides is 1. The van der Waals surface area contributed by atoms with Crippen LogP contribution in [0.25, 0.3) is 0 Å². The largest absolute Gasteiger partial charge is 0.496 e. The Kier molecular flexibility index (Phi) is 7.91. The quantitative estimate of drug-likeness (QED) is 0.462. The van der Waals surface area contributed by atoms with Crippen molar-refractivity contribution in [1.82, 2.24) is 0 Å². The standard InChI is InChI=1S/C25H26N2O6S/c1-4-33-25(29)19-9-8-10-20(16-19)26-24(28)17-27(21-11-6-5-7-12-21)34(30,31)22-13-14-23(32-3)18(2)15-22/h5-16H,4,17H2,1-3H3,(H,26,28). The Labute approximate surface area is 199 Å². The Morgan fingerprint density at radius 1 is 0.971 bits per heavy atom. The Hall–Kier alpha value is -3.85. The number of carbonyl (C=O) groups is 2. The molecule has 1 amide bonds. The zero-order valence-corrected chi connectivity index (χ0v) is 20.0. The van der Waals surface area contributed by atoms with Crippen molar-refractivity contribution in [3.8, 4) is 5.75 Å².